The maximum atomic E-state index is 11.6. The lowest BCUT2D eigenvalue weighted by atomic mass is 10.2. The summed E-state index contributed by atoms with van der Waals surface area (Å²) >= 11 is 0. The molecule has 0 heterocycles. The molecule has 0 bridgehead atoms. The fourth-order valence-electron chi connectivity index (χ4n) is 1.70. The van der Waals surface area contributed by atoms with Gasteiger partial charge in [-0.2, -0.15) is 0 Å². The van der Waals surface area contributed by atoms with Gasteiger partial charge in [0.15, 0.2) is 0 Å². The highest BCUT2D eigenvalue weighted by atomic mass is 16.6. The van der Waals surface area contributed by atoms with E-state index in [1.807, 2.05) is 6.92 Å². The van der Waals surface area contributed by atoms with E-state index in [4.69, 9.17) is 9.47 Å². The van der Waals surface area contributed by atoms with Crippen LogP contribution in [0.1, 0.15) is 12.0 Å². The first-order valence-corrected chi connectivity index (χ1v) is 6.66. The molecule has 118 valence electrons. The Morgan fingerprint density at radius 1 is 0.913 bits per heavy atom. The predicted molar refractivity (Wildman–Crippen MR) is 80.2 cm³/mol. The maximum absolute atomic E-state index is 11.6. The van der Waals surface area contributed by atoms with E-state index in [0.717, 1.165) is 5.56 Å². The fraction of sp³-hybridized carbons (Fsp3) is 0.125. The zero-order valence-corrected chi connectivity index (χ0v) is 12.2. The van der Waals surface area contributed by atoms with Gasteiger partial charge in [0.05, 0.1) is 4.92 Å². The van der Waals surface area contributed by atoms with Gasteiger partial charge in [0, 0.05) is 12.1 Å². The van der Waals surface area contributed by atoms with Crippen molar-refractivity contribution in [3.05, 3.63) is 64.2 Å². The first-order chi connectivity index (χ1) is 10.9. The van der Waals surface area contributed by atoms with Crippen molar-refractivity contribution in [1.82, 2.24) is 0 Å². The summed E-state index contributed by atoms with van der Waals surface area (Å²) in [6, 6.07) is 11.8. The Kier molecular flexibility index (Phi) is 5.03. The van der Waals surface area contributed by atoms with E-state index >= 15 is 0 Å². The topological polar surface area (TPSA) is 95.7 Å². The van der Waals surface area contributed by atoms with Crippen LogP contribution in [0.3, 0.4) is 0 Å². The van der Waals surface area contributed by atoms with E-state index < -0.39 is 23.3 Å². The Morgan fingerprint density at radius 2 is 1.35 bits per heavy atom. The average molecular weight is 315 g/mol. The van der Waals surface area contributed by atoms with Gasteiger partial charge in [0.25, 0.3) is 5.69 Å². The van der Waals surface area contributed by atoms with Crippen LogP contribution in [0.4, 0.5) is 5.69 Å². The number of nitro benzene ring substituents is 1. The summed E-state index contributed by atoms with van der Waals surface area (Å²) in [6.45, 7) is 1.90. The number of aryl methyl sites for hydroxylation is 1. The van der Waals surface area contributed by atoms with Gasteiger partial charge in [-0.15, -0.1) is 0 Å². The van der Waals surface area contributed by atoms with Crippen molar-refractivity contribution in [2.24, 2.45) is 0 Å². The monoisotopic (exact) mass is 315 g/mol. The number of ether oxygens (including phenoxy) is 2. The molecule has 0 aliphatic carbocycles. The van der Waals surface area contributed by atoms with Crippen molar-refractivity contribution in [2.45, 2.75) is 13.3 Å². The Hall–Kier alpha value is -3.22. The molecule has 23 heavy (non-hydrogen) atoms. The van der Waals surface area contributed by atoms with Gasteiger partial charge in [-0.25, -0.2) is 0 Å². The Bertz CT molecular complexity index is 721. The van der Waals surface area contributed by atoms with Crippen LogP contribution in [0.25, 0.3) is 0 Å². The highest BCUT2D eigenvalue weighted by Gasteiger charge is 2.14. The van der Waals surface area contributed by atoms with Crippen LogP contribution in [0, 0.1) is 17.0 Å². The molecule has 0 spiro atoms. The third kappa shape index (κ3) is 4.92. The smallest absolute Gasteiger partial charge is 0.322 e. The summed E-state index contributed by atoms with van der Waals surface area (Å²) < 4.78 is 9.91. The van der Waals surface area contributed by atoms with Crippen LogP contribution in [0.5, 0.6) is 11.5 Å². The zero-order chi connectivity index (χ0) is 16.8. The standard InChI is InChI=1S/C16H13NO6/c1-11-2-6-13(7-3-11)22-15(18)10-16(19)23-14-8-4-12(5-9-14)17(20)21/h2-9H,10H2,1H3. The molecule has 0 radical (unpaired) electrons. The van der Waals surface area contributed by atoms with Crippen molar-refractivity contribution in [3.8, 4) is 11.5 Å². The van der Waals surface area contributed by atoms with Gasteiger partial charge in [0.1, 0.15) is 17.9 Å². The van der Waals surface area contributed by atoms with Crippen LogP contribution < -0.4 is 9.47 Å². The number of nitro groups is 1. The van der Waals surface area contributed by atoms with E-state index in [-0.39, 0.29) is 11.4 Å². The molecular formula is C16H13NO6. The van der Waals surface area contributed by atoms with Crippen molar-refractivity contribution in [2.75, 3.05) is 0 Å². The quantitative estimate of drug-likeness (QED) is 0.277. The lowest BCUT2D eigenvalue weighted by molar-refractivity contribution is -0.384. The lowest BCUT2D eigenvalue weighted by Gasteiger charge is -2.05. The van der Waals surface area contributed by atoms with Crippen LogP contribution in [-0.2, 0) is 9.59 Å². The molecule has 0 aromatic heterocycles. The van der Waals surface area contributed by atoms with Gasteiger partial charge < -0.3 is 9.47 Å². The summed E-state index contributed by atoms with van der Waals surface area (Å²) in [7, 11) is 0. The van der Waals surface area contributed by atoms with Gasteiger partial charge in [0.2, 0.25) is 0 Å². The number of hydrogen-bond acceptors (Lipinski definition) is 6. The average Bonchev–Trinajstić information content (AvgIpc) is 2.50. The summed E-state index contributed by atoms with van der Waals surface area (Å²) in [6.07, 6.45) is -0.565. The molecule has 2 rings (SSSR count). The highest BCUT2D eigenvalue weighted by molar-refractivity contribution is 5.93. The minimum absolute atomic E-state index is 0.115. The van der Waals surface area contributed by atoms with Crippen molar-refractivity contribution >= 4 is 17.6 Å². The Balaban J connectivity index is 1.87. The number of benzene rings is 2. The van der Waals surface area contributed by atoms with E-state index in [2.05, 4.69) is 0 Å². The van der Waals surface area contributed by atoms with Crippen LogP contribution in [-0.4, -0.2) is 16.9 Å². The molecule has 0 amide bonds. The van der Waals surface area contributed by atoms with Crippen molar-refractivity contribution in [3.63, 3.8) is 0 Å². The summed E-state index contributed by atoms with van der Waals surface area (Å²) in [5.41, 5.74) is 0.894. The summed E-state index contributed by atoms with van der Waals surface area (Å²) in [4.78, 5) is 33.2. The Morgan fingerprint density at radius 3 is 1.78 bits per heavy atom. The summed E-state index contributed by atoms with van der Waals surface area (Å²) in [5, 5.41) is 10.5. The second kappa shape index (κ2) is 7.17. The molecule has 7 heteroatoms. The van der Waals surface area contributed by atoms with Crippen LogP contribution >= 0.6 is 0 Å². The largest absolute Gasteiger partial charge is 0.426 e. The molecule has 0 aliphatic heterocycles. The Labute approximate surface area is 131 Å². The van der Waals surface area contributed by atoms with Gasteiger partial charge in [-0.05, 0) is 31.2 Å². The van der Waals surface area contributed by atoms with Gasteiger partial charge >= 0.3 is 11.9 Å². The molecule has 2 aromatic carbocycles. The first-order valence-electron chi connectivity index (χ1n) is 6.66. The third-order valence-electron chi connectivity index (χ3n) is 2.82. The molecule has 0 atom stereocenters. The molecular weight excluding hydrogens is 302 g/mol. The minimum atomic E-state index is -0.809. The summed E-state index contributed by atoms with van der Waals surface area (Å²) in [5.74, 6) is -1.11. The SMILES string of the molecule is Cc1ccc(OC(=O)CC(=O)Oc2ccc([N+](=O)[O-])cc2)cc1. The van der Waals surface area contributed by atoms with Crippen LogP contribution in [0.2, 0.25) is 0 Å². The van der Waals surface area contributed by atoms with E-state index in [9.17, 15) is 19.7 Å². The molecule has 0 saturated heterocycles. The van der Waals surface area contributed by atoms with Crippen LogP contribution in [0.15, 0.2) is 48.5 Å². The number of carbonyl (C=O) groups excluding carboxylic acids is 2. The molecule has 7 nitrogen and oxygen atoms in total. The van der Waals surface area contributed by atoms with E-state index in [0.29, 0.717) is 5.75 Å². The maximum Gasteiger partial charge on any atom is 0.322 e. The van der Waals surface area contributed by atoms with Crippen molar-refractivity contribution in [1.29, 1.82) is 0 Å². The van der Waals surface area contributed by atoms with Gasteiger partial charge in [-0.3, -0.25) is 19.7 Å². The molecule has 0 unspecified atom stereocenters. The third-order valence-corrected chi connectivity index (χ3v) is 2.82. The zero-order valence-electron chi connectivity index (χ0n) is 12.2. The normalized spacial score (nSPS) is 9.96. The van der Waals surface area contributed by atoms with E-state index in [1.54, 1.807) is 24.3 Å². The van der Waals surface area contributed by atoms with Crippen molar-refractivity contribution < 1.29 is 24.0 Å². The second-order valence-corrected chi connectivity index (χ2v) is 4.69. The minimum Gasteiger partial charge on any atom is -0.426 e. The molecule has 2 aromatic rings. The highest BCUT2D eigenvalue weighted by Crippen LogP contribution is 2.18. The second-order valence-electron chi connectivity index (χ2n) is 4.69. The number of nitrogens with zero attached hydrogens (tertiary/aromatic N) is 1. The van der Waals surface area contributed by atoms with E-state index in [1.165, 1.54) is 24.3 Å². The fourth-order valence-corrected chi connectivity index (χ4v) is 1.70. The lowest BCUT2D eigenvalue weighted by Crippen LogP contribution is -2.18. The molecule has 0 aliphatic rings. The number of rotatable bonds is 5. The number of esters is 2. The molecule has 0 fully saturated rings. The molecule has 0 saturated carbocycles. The first kappa shape index (κ1) is 16.2. The molecule has 0 N–H and O–H groups in total. The predicted octanol–water partition coefficient (Wildman–Crippen LogP) is 2.80. The van der Waals surface area contributed by atoms with Gasteiger partial charge in [-0.1, -0.05) is 17.7 Å². The number of carbonyl (C=O) groups is 2. The number of hydrogen-bond donors (Lipinski definition) is 0. The number of non-ortho nitro benzene ring substituents is 1.